The summed E-state index contributed by atoms with van der Waals surface area (Å²) in [6.45, 7) is 0. The minimum atomic E-state index is -4.70. The van der Waals surface area contributed by atoms with Crippen molar-refractivity contribution < 1.29 is 31.3 Å². The summed E-state index contributed by atoms with van der Waals surface area (Å²) in [5, 5.41) is 5.90. The maximum Gasteiger partial charge on any atom is 0.416 e. The first kappa shape index (κ1) is 22.0. The number of anilines is 1. The highest BCUT2D eigenvalue weighted by Gasteiger charge is 2.32. The molecule has 0 unspecified atom stereocenters. The van der Waals surface area contributed by atoms with Crippen LogP contribution in [0.5, 0.6) is 0 Å². The number of sulfonamides is 1. The Labute approximate surface area is 163 Å². The van der Waals surface area contributed by atoms with Crippen LogP contribution in [0.3, 0.4) is 0 Å². The van der Waals surface area contributed by atoms with Crippen molar-refractivity contribution in [3.63, 3.8) is 0 Å². The Bertz CT molecular complexity index is 1040. The standard InChI is InChI=1S/C16H14F3N5O4S/c17-16(18,19)12-2-1-3-14(10-12)29(26,27)24(20)13-7-4-11(5-8-13)6-9-15(25)22-23-28-21/h1-10H,20-21H2/b9-6+,23-22?. The molecule has 13 heteroatoms. The Morgan fingerprint density at radius 1 is 1.14 bits per heavy atom. The van der Waals surface area contributed by atoms with Crippen LogP contribution in [-0.4, -0.2) is 14.3 Å². The van der Waals surface area contributed by atoms with E-state index in [-0.39, 0.29) is 5.69 Å². The summed E-state index contributed by atoms with van der Waals surface area (Å²) in [6.07, 6.45) is -2.30. The van der Waals surface area contributed by atoms with Gasteiger partial charge in [0, 0.05) is 6.08 Å². The van der Waals surface area contributed by atoms with E-state index < -0.39 is 32.6 Å². The summed E-state index contributed by atoms with van der Waals surface area (Å²) < 4.78 is 63.9. The molecular formula is C16H14F3N5O4S. The molecule has 0 aliphatic heterocycles. The van der Waals surface area contributed by atoms with E-state index in [2.05, 4.69) is 21.2 Å². The predicted molar refractivity (Wildman–Crippen MR) is 95.9 cm³/mol. The Hall–Kier alpha value is -3.29. The van der Waals surface area contributed by atoms with Crippen LogP contribution in [0.1, 0.15) is 11.1 Å². The molecule has 2 aromatic carbocycles. The molecule has 0 saturated carbocycles. The molecule has 0 aromatic heterocycles. The second-order valence-electron chi connectivity index (χ2n) is 5.38. The maximum absolute atomic E-state index is 12.8. The number of benzene rings is 2. The molecule has 4 N–H and O–H groups in total. The van der Waals surface area contributed by atoms with Crippen molar-refractivity contribution >= 4 is 27.7 Å². The largest absolute Gasteiger partial charge is 0.416 e. The molecule has 0 aliphatic rings. The molecule has 2 rings (SSSR count). The van der Waals surface area contributed by atoms with Crippen LogP contribution in [-0.2, 0) is 25.9 Å². The first-order chi connectivity index (χ1) is 13.6. The van der Waals surface area contributed by atoms with Crippen LogP contribution >= 0.6 is 0 Å². The molecule has 0 saturated heterocycles. The number of carbonyl (C=O) groups is 1. The lowest BCUT2D eigenvalue weighted by Gasteiger charge is -2.19. The number of nitrogens with two attached hydrogens (primary N) is 2. The predicted octanol–water partition coefficient (Wildman–Crippen LogP) is 2.57. The van der Waals surface area contributed by atoms with Gasteiger partial charge >= 0.3 is 6.18 Å². The van der Waals surface area contributed by atoms with E-state index in [0.717, 1.165) is 24.3 Å². The lowest BCUT2D eigenvalue weighted by Crippen LogP contribution is -2.37. The third kappa shape index (κ3) is 5.60. The number of amides is 1. The van der Waals surface area contributed by atoms with Crippen LogP contribution in [0, 0.1) is 0 Å². The van der Waals surface area contributed by atoms with Gasteiger partial charge < -0.3 is 0 Å². The minimum absolute atomic E-state index is 0.0119. The summed E-state index contributed by atoms with van der Waals surface area (Å²) in [4.78, 5) is 14.4. The lowest BCUT2D eigenvalue weighted by molar-refractivity contribution is -0.137. The average molecular weight is 429 g/mol. The highest BCUT2D eigenvalue weighted by molar-refractivity contribution is 7.92. The Morgan fingerprint density at radius 2 is 1.79 bits per heavy atom. The van der Waals surface area contributed by atoms with Gasteiger partial charge in [-0.25, -0.2) is 10.3 Å². The van der Waals surface area contributed by atoms with Crippen molar-refractivity contribution in [2.24, 2.45) is 22.1 Å². The SMILES string of the molecule is NON=NC(=O)/C=C/c1ccc(N(N)S(=O)(=O)c2cccc(C(F)(F)F)c2)cc1. The van der Waals surface area contributed by atoms with Gasteiger partial charge in [0.25, 0.3) is 15.9 Å². The van der Waals surface area contributed by atoms with Gasteiger partial charge in [0.1, 0.15) is 0 Å². The Morgan fingerprint density at radius 3 is 2.38 bits per heavy atom. The minimum Gasteiger partial charge on any atom is -0.282 e. The van der Waals surface area contributed by atoms with Crippen LogP contribution < -0.4 is 16.2 Å². The van der Waals surface area contributed by atoms with Gasteiger partial charge in [-0.05, 0) is 42.0 Å². The molecular weight excluding hydrogens is 415 g/mol. The molecule has 9 nitrogen and oxygen atoms in total. The highest BCUT2D eigenvalue weighted by Crippen LogP contribution is 2.31. The number of hydrogen-bond acceptors (Lipinski definition) is 7. The second kappa shape index (κ2) is 8.81. The number of carbonyl (C=O) groups excluding carboxylic acids is 1. The monoisotopic (exact) mass is 429 g/mol. The van der Waals surface area contributed by atoms with Gasteiger partial charge in [-0.1, -0.05) is 23.3 Å². The van der Waals surface area contributed by atoms with Gasteiger partial charge in [0.05, 0.1) is 21.4 Å². The van der Waals surface area contributed by atoms with E-state index in [1.54, 1.807) is 0 Å². The third-order valence-corrected chi connectivity index (χ3v) is 5.05. The summed E-state index contributed by atoms with van der Waals surface area (Å²) in [5.74, 6) is 9.45. The van der Waals surface area contributed by atoms with E-state index >= 15 is 0 Å². The molecule has 0 fully saturated rings. The first-order valence-corrected chi connectivity index (χ1v) is 9.06. The van der Waals surface area contributed by atoms with E-state index in [9.17, 15) is 26.4 Å². The van der Waals surface area contributed by atoms with Gasteiger partial charge in [0.2, 0.25) is 0 Å². The van der Waals surface area contributed by atoms with Gasteiger partial charge in [-0.15, -0.1) is 5.90 Å². The summed E-state index contributed by atoms with van der Waals surface area (Å²) in [6, 6.07) is 8.70. The van der Waals surface area contributed by atoms with Crippen LogP contribution in [0.25, 0.3) is 6.08 Å². The van der Waals surface area contributed by atoms with E-state index in [1.807, 2.05) is 0 Å². The van der Waals surface area contributed by atoms with E-state index in [4.69, 9.17) is 5.84 Å². The fourth-order valence-electron chi connectivity index (χ4n) is 2.08. The molecule has 0 atom stereocenters. The molecule has 0 radical (unpaired) electrons. The van der Waals surface area contributed by atoms with Crippen molar-refractivity contribution in [1.29, 1.82) is 0 Å². The fraction of sp³-hybridized carbons (Fsp3) is 0.0625. The second-order valence-corrected chi connectivity index (χ2v) is 7.19. The summed E-state index contributed by atoms with van der Waals surface area (Å²) in [7, 11) is -4.44. The topological polar surface area (TPSA) is 140 Å². The van der Waals surface area contributed by atoms with Gasteiger partial charge in [0.15, 0.2) is 0 Å². The van der Waals surface area contributed by atoms with E-state index in [1.165, 1.54) is 30.3 Å². The molecule has 0 bridgehead atoms. The number of halogens is 3. The van der Waals surface area contributed by atoms with Crippen molar-refractivity contribution in [3.05, 3.63) is 65.7 Å². The zero-order valence-electron chi connectivity index (χ0n) is 14.4. The van der Waals surface area contributed by atoms with Crippen LogP contribution in [0.15, 0.2) is 69.9 Å². The zero-order valence-corrected chi connectivity index (χ0v) is 15.3. The van der Waals surface area contributed by atoms with Crippen molar-refractivity contribution in [1.82, 2.24) is 0 Å². The van der Waals surface area contributed by atoms with Crippen LogP contribution in [0.4, 0.5) is 18.9 Å². The molecule has 0 spiro atoms. The molecule has 0 aliphatic carbocycles. The quantitative estimate of drug-likeness (QED) is 0.313. The Balaban J connectivity index is 2.23. The van der Waals surface area contributed by atoms with Crippen molar-refractivity contribution in [3.8, 4) is 0 Å². The highest BCUT2D eigenvalue weighted by atomic mass is 32.2. The third-order valence-electron chi connectivity index (χ3n) is 3.47. The number of nitrogens with zero attached hydrogens (tertiary/aromatic N) is 3. The lowest BCUT2D eigenvalue weighted by atomic mass is 10.2. The van der Waals surface area contributed by atoms with Crippen molar-refractivity contribution in [2.45, 2.75) is 11.1 Å². The zero-order chi connectivity index (χ0) is 21.7. The molecule has 1 amide bonds. The average Bonchev–Trinajstić information content (AvgIpc) is 2.70. The summed E-state index contributed by atoms with van der Waals surface area (Å²) >= 11 is 0. The molecule has 0 heterocycles. The fourth-order valence-corrected chi connectivity index (χ4v) is 3.24. The van der Waals surface area contributed by atoms with Gasteiger partial charge in [-0.2, -0.15) is 21.6 Å². The van der Waals surface area contributed by atoms with Crippen molar-refractivity contribution in [2.75, 3.05) is 4.41 Å². The number of hydrazine groups is 1. The molecule has 154 valence electrons. The normalized spacial score (nSPS) is 12.4. The Kier molecular flexibility index (Phi) is 6.68. The van der Waals surface area contributed by atoms with E-state index in [0.29, 0.717) is 16.0 Å². The van der Waals surface area contributed by atoms with Gasteiger partial charge in [-0.3, -0.25) is 9.73 Å². The van der Waals surface area contributed by atoms with Crippen LogP contribution in [0.2, 0.25) is 0 Å². The maximum atomic E-state index is 12.8. The number of alkyl halides is 3. The molecule has 2 aromatic rings. The summed E-state index contributed by atoms with van der Waals surface area (Å²) in [5.41, 5.74) is -0.646. The smallest absolute Gasteiger partial charge is 0.282 e. The first-order valence-electron chi connectivity index (χ1n) is 7.62. The number of rotatable bonds is 6. The number of hydrogen-bond donors (Lipinski definition) is 2. The molecule has 29 heavy (non-hydrogen) atoms.